The number of carbonyl (C=O) groups is 1. The number of carboxylic acid groups (broad SMARTS) is 1. The van der Waals surface area contributed by atoms with Gasteiger partial charge in [-0.3, -0.25) is 0 Å². The molecule has 0 spiro atoms. The van der Waals surface area contributed by atoms with Crippen molar-refractivity contribution in [2.75, 3.05) is 19.0 Å². The van der Waals surface area contributed by atoms with Gasteiger partial charge in [0, 0.05) is 25.4 Å². The Balaban J connectivity index is 1.86. The second kappa shape index (κ2) is 5.80. The van der Waals surface area contributed by atoms with Crippen molar-refractivity contribution in [2.24, 2.45) is 0 Å². The van der Waals surface area contributed by atoms with Gasteiger partial charge in [0.1, 0.15) is 12.1 Å². The number of imidazole rings is 1. The number of hydrogen-bond donors (Lipinski definition) is 2. The molecule has 0 fully saturated rings. The molecule has 0 saturated heterocycles. The first-order valence-corrected chi connectivity index (χ1v) is 5.54. The summed E-state index contributed by atoms with van der Waals surface area (Å²) in [5.41, 5.74) is 0.0312. The van der Waals surface area contributed by atoms with Crippen LogP contribution in [0.5, 0.6) is 5.88 Å². The summed E-state index contributed by atoms with van der Waals surface area (Å²) < 4.78 is 6.67. The number of ether oxygens (including phenoxy) is 1. The lowest BCUT2D eigenvalue weighted by atomic mass is 10.5. The molecular weight excluding hydrogens is 250 g/mol. The van der Waals surface area contributed by atoms with Crippen LogP contribution in [0.15, 0.2) is 24.9 Å². The van der Waals surface area contributed by atoms with E-state index < -0.39 is 5.97 Å². The van der Waals surface area contributed by atoms with Gasteiger partial charge < -0.3 is 19.7 Å². The molecule has 8 heteroatoms. The van der Waals surface area contributed by atoms with Crippen LogP contribution in [-0.4, -0.2) is 44.2 Å². The van der Waals surface area contributed by atoms with Gasteiger partial charge in [0.2, 0.25) is 5.88 Å². The standard InChI is InChI=1S/C11H13N5O3/c1-19-10-4-9(13-6-14-10)12-2-3-16-5-8(11(17)18)15-7-16/h4-7H,2-3H2,1H3,(H,17,18)(H,12,13,14). The third kappa shape index (κ3) is 3.41. The Morgan fingerprint density at radius 1 is 1.47 bits per heavy atom. The van der Waals surface area contributed by atoms with E-state index in [4.69, 9.17) is 9.84 Å². The van der Waals surface area contributed by atoms with E-state index in [1.807, 2.05) is 0 Å². The third-order valence-electron chi connectivity index (χ3n) is 2.38. The summed E-state index contributed by atoms with van der Waals surface area (Å²) in [5.74, 6) is 0.0889. The molecule has 0 radical (unpaired) electrons. The van der Waals surface area contributed by atoms with Crippen LogP contribution >= 0.6 is 0 Å². The molecule has 2 aromatic rings. The van der Waals surface area contributed by atoms with E-state index in [9.17, 15) is 4.79 Å². The first kappa shape index (κ1) is 12.8. The smallest absolute Gasteiger partial charge is 0.356 e. The van der Waals surface area contributed by atoms with Gasteiger partial charge in [-0.15, -0.1) is 0 Å². The van der Waals surface area contributed by atoms with Gasteiger partial charge >= 0.3 is 5.97 Å². The monoisotopic (exact) mass is 263 g/mol. The van der Waals surface area contributed by atoms with Gasteiger partial charge in [-0.2, -0.15) is 0 Å². The van der Waals surface area contributed by atoms with Crippen molar-refractivity contribution in [2.45, 2.75) is 6.54 Å². The van der Waals surface area contributed by atoms with E-state index >= 15 is 0 Å². The molecule has 2 heterocycles. The van der Waals surface area contributed by atoms with Crippen molar-refractivity contribution in [1.82, 2.24) is 19.5 Å². The topological polar surface area (TPSA) is 102 Å². The lowest BCUT2D eigenvalue weighted by Crippen LogP contribution is -2.10. The second-order valence-electron chi connectivity index (χ2n) is 3.67. The molecule has 0 aliphatic carbocycles. The fourth-order valence-corrected chi connectivity index (χ4v) is 1.45. The minimum Gasteiger partial charge on any atom is -0.481 e. The highest BCUT2D eigenvalue weighted by molar-refractivity contribution is 5.84. The molecule has 2 N–H and O–H groups in total. The van der Waals surface area contributed by atoms with Gasteiger partial charge in [0.05, 0.1) is 13.4 Å². The third-order valence-corrected chi connectivity index (χ3v) is 2.38. The van der Waals surface area contributed by atoms with Crippen LogP contribution in [0.25, 0.3) is 0 Å². The number of hydrogen-bond acceptors (Lipinski definition) is 6. The molecular formula is C11H13N5O3. The minimum absolute atomic E-state index is 0.0312. The normalized spacial score (nSPS) is 10.2. The predicted molar refractivity (Wildman–Crippen MR) is 66.3 cm³/mol. The van der Waals surface area contributed by atoms with E-state index in [2.05, 4.69) is 20.3 Å². The van der Waals surface area contributed by atoms with Crippen LogP contribution in [0, 0.1) is 0 Å². The lowest BCUT2D eigenvalue weighted by Gasteiger charge is -2.06. The zero-order valence-corrected chi connectivity index (χ0v) is 10.3. The first-order valence-electron chi connectivity index (χ1n) is 5.54. The Morgan fingerprint density at radius 2 is 2.32 bits per heavy atom. The van der Waals surface area contributed by atoms with Crippen molar-refractivity contribution >= 4 is 11.8 Å². The summed E-state index contributed by atoms with van der Waals surface area (Å²) in [6.45, 7) is 1.15. The highest BCUT2D eigenvalue weighted by Gasteiger charge is 2.06. The van der Waals surface area contributed by atoms with Crippen molar-refractivity contribution in [3.63, 3.8) is 0 Å². The number of carboxylic acids is 1. The Bertz CT molecular complexity index is 569. The molecule has 2 rings (SSSR count). The maximum atomic E-state index is 10.7. The predicted octanol–water partition coefficient (Wildman–Crippen LogP) is 0.492. The number of anilines is 1. The van der Waals surface area contributed by atoms with E-state index in [-0.39, 0.29) is 5.69 Å². The zero-order chi connectivity index (χ0) is 13.7. The number of rotatable bonds is 6. The van der Waals surface area contributed by atoms with E-state index in [1.165, 1.54) is 26.0 Å². The second-order valence-corrected chi connectivity index (χ2v) is 3.67. The molecule has 0 aromatic carbocycles. The average Bonchev–Trinajstić information content (AvgIpc) is 2.88. The zero-order valence-electron chi connectivity index (χ0n) is 10.3. The van der Waals surface area contributed by atoms with Crippen molar-refractivity contribution < 1.29 is 14.6 Å². The van der Waals surface area contributed by atoms with Gasteiger partial charge in [-0.05, 0) is 0 Å². The summed E-state index contributed by atoms with van der Waals surface area (Å²) >= 11 is 0. The Labute approximate surface area is 109 Å². The SMILES string of the molecule is COc1cc(NCCn2cnc(C(=O)O)c2)ncn1. The molecule has 0 unspecified atom stereocenters. The fraction of sp³-hybridized carbons (Fsp3) is 0.273. The Morgan fingerprint density at radius 3 is 3.00 bits per heavy atom. The highest BCUT2D eigenvalue weighted by atomic mass is 16.5. The number of aromatic nitrogens is 4. The molecule has 100 valence electrons. The van der Waals surface area contributed by atoms with Gasteiger partial charge in [0.15, 0.2) is 5.69 Å². The Kier molecular flexibility index (Phi) is 3.91. The van der Waals surface area contributed by atoms with Crippen LogP contribution < -0.4 is 10.1 Å². The summed E-state index contributed by atoms with van der Waals surface area (Å²) in [7, 11) is 1.53. The van der Waals surface area contributed by atoms with Gasteiger partial charge in [0.25, 0.3) is 0 Å². The fourth-order valence-electron chi connectivity index (χ4n) is 1.45. The van der Waals surface area contributed by atoms with Crippen LogP contribution in [0.1, 0.15) is 10.5 Å². The van der Waals surface area contributed by atoms with Crippen LogP contribution in [0.2, 0.25) is 0 Å². The number of methoxy groups -OCH3 is 1. The summed E-state index contributed by atoms with van der Waals surface area (Å²) in [4.78, 5) is 22.3. The highest BCUT2D eigenvalue weighted by Crippen LogP contribution is 2.09. The largest absolute Gasteiger partial charge is 0.481 e. The number of nitrogens with zero attached hydrogens (tertiary/aromatic N) is 4. The average molecular weight is 263 g/mol. The molecule has 0 amide bonds. The molecule has 8 nitrogen and oxygen atoms in total. The van der Waals surface area contributed by atoms with Gasteiger partial charge in [-0.25, -0.2) is 19.7 Å². The summed E-state index contributed by atoms with van der Waals surface area (Å²) in [5, 5.41) is 11.8. The van der Waals surface area contributed by atoms with Crippen LogP contribution in [-0.2, 0) is 6.54 Å². The van der Waals surface area contributed by atoms with Crippen LogP contribution in [0.3, 0.4) is 0 Å². The molecule has 19 heavy (non-hydrogen) atoms. The molecule has 0 bridgehead atoms. The molecule has 0 saturated carbocycles. The number of nitrogens with one attached hydrogen (secondary N) is 1. The molecule has 0 atom stereocenters. The van der Waals surface area contributed by atoms with E-state index in [1.54, 1.807) is 10.6 Å². The Hall–Kier alpha value is -2.64. The van der Waals surface area contributed by atoms with Crippen molar-refractivity contribution in [1.29, 1.82) is 0 Å². The van der Waals surface area contributed by atoms with Crippen molar-refractivity contribution in [3.05, 3.63) is 30.6 Å². The molecule has 0 aliphatic rings. The van der Waals surface area contributed by atoms with E-state index in [0.717, 1.165) is 0 Å². The minimum atomic E-state index is -1.03. The van der Waals surface area contributed by atoms with Gasteiger partial charge in [-0.1, -0.05) is 0 Å². The van der Waals surface area contributed by atoms with E-state index in [0.29, 0.717) is 24.8 Å². The lowest BCUT2D eigenvalue weighted by molar-refractivity contribution is 0.0691. The quantitative estimate of drug-likeness (QED) is 0.781. The molecule has 0 aliphatic heterocycles. The summed E-state index contributed by atoms with van der Waals surface area (Å²) in [6, 6.07) is 1.68. The van der Waals surface area contributed by atoms with Crippen molar-refractivity contribution in [3.8, 4) is 5.88 Å². The maximum Gasteiger partial charge on any atom is 0.356 e. The maximum absolute atomic E-state index is 10.7. The first-order chi connectivity index (χ1) is 9.19. The number of aromatic carboxylic acids is 1. The molecule has 2 aromatic heterocycles. The van der Waals surface area contributed by atoms with Crippen LogP contribution in [0.4, 0.5) is 5.82 Å². The summed E-state index contributed by atoms with van der Waals surface area (Å²) in [6.07, 6.45) is 4.36.